The predicted octanol–water partition coefficient (Wildman–Crippen LogP) is 5.07. The number of allylic oxidation sites excluding steroid dienone is 2. The van der Waals surface area contributed by atoms with E-state index >= 15 is 4.39 Å². The Hall–Kier alpha value is -4.43. The van der Waals surface area contributed by atoms with Crippen molar-refractivity contribution in [2.45, 2.75) is 39.8 Å². The first kappa shape index (κ1) is 28.1. The molecule has 1 aliphatic heterocycles. The number of benzene rings is 1. The molecular formula is C30H34FN7O3. The van der Waals surface area contributed by atoms with Crippen molar-refractivity contribution in [3.05, 3.63) is 57.4 Å². The largest absolute Gasteiger partial charge is 0.519 e. The molecule has 0 amide bonds. The number of aliphatic imine (C=N–C) groups is 1. The Morgan fingerprint density at radius 2 is 2.20 bits per heavy atom. The van der Waals surface area contributed by atoms with E-state index in [1.807, 2.05) is 26.2 Å². The van der Waals surface area contributed by atoms with Crippen molar-refractivity contribution in [1.82, 2.24) is 14.9 Å². The van der Waals surface area contributed by atoms with Gasteiger partial charge in [0.15, 0.2) is 5.76 Å². The summed E-state index contributed by atoms with van der Waals surface area (Å²) in [6.45, 7) is 7.84. The summed E-state index contributed by atoms with van der Waals surface area (Å²) in [5.41, 5.74) is 4.40. The molecule has 10 nitrogen and oxygen atoms in total. The van der Waals surface area contributed by atoms with E-state index < -0.39 is 11.6 Å². The molecule has 41 heavy (non-hydrogen) atoms. The van der Waals surface area contributed by atoms with Crippen molar-refractivity contribution in [1.29, 1.82) is 5.26 Å². The third kappa shape index (κ3) is 4.89. The number of aryl methyl sites for hydroxylation is 1. The van der Waals surface area contributed by atoms with Crippen molar-refractivity contribution in [3.63, 3.8) is 0 Å². The number of fused-ring (bicyclic) bond motifs is 3. The monoisotopic (exact) mass is 559 g/mol. The lowest BCUT2D eigenvalue weighted by molar-refractivity contribution is 0.240. The van der Waals surface area contributed by atoms with Crippen LogP contribution in [-0.2, 0) is 6.54 Å². The topological polar surface area (TPSA) is 127 Å². The average Bonchev–Trinajstić information content (AvgIpc) is 3.60. The molecule has 4 heterocycles. The summed E-state index contributed by atoms with van der Waals surface area (Å²) in [5.74, 6) is 0.0282. The van der Waals surface area contributed by atoms with Gasteiger partial charge in [0.1, 0.15) is 23.3 Å². The minimum atomic E-state index is -0.690. The van der Waals surface area contributed by atoms with Gasteiger partial charge in [0.05, 0.1) is 34.4 Å². The van der Waals surface area contributed by atoms with Gasteiger partial charge in [0, 0.05) is 62.7 Å². The molecule has 1 aromatic carbocycles. The van der Waals surface area contributed by atoms with Gasteiger partial charge in [-0.3, -0.25) is 9.89 Å². The average molecular weight is 560 g/mol. The van der Waals surface area contributed by atoms with E-state index in [-0.39, 0.29) is 17.5 Å². The molecular weight excluding hydrogens is 525 g/mol. The van der Waals surface area contributed by atoms with Crippen LogP contribution in [0.3, 0.4) is 0 Å². The number of halogens is 1. The van der Waals surface area contributed by atoms with Crippen LogP contribution in [0, 0.1) is 30.0 Å². The molecule has 2 atom stereocenters. The van der Waals surface area contributed by atoms with Gasteiger partial charge in [-0.2, -0.15) is 5.26 Å². The molecule has 0 unspecified atom stereocenters. The molecule has 1 saturated heterocycles. The van der Waals surface area contributed by atoms with Crippen molar-refractivity contribution >= 4 is 45.1 Å². The number of aromatic nitrogens is 2. The lowest BCUT2D eigenvalue weighted by Gasteiger charge is -2.31. The number of pyridine rings is 1. The zero-order valence-electron chi connectivity index (χ0n) is 24.1. The number of aromatic amines is 1. The third-order valence-corrected chi connectivity index (χ3v) is 8.09. The van der Waals surface area contributed by atoms with Crippen LogP contribution in [0.15, 0.2) is 37.0 Å². The molecule has 2 N–H and O–H groups in total. The normalized spacial score (nSPS) is 17.9. The maximum absolute atomic E-state index is 15.2. The number of nitrogens with zero attached hydrogens (tertiary/aromatic N) is 5. The summed E-state index contributed by atoms with van der Waals surface area (Å²) in [7, 11) is 5.44. The summed E-state index contributed by atoms with van der Waals surface area (Å²) in [6, 6.07) is 3.53. The summed E-state index contributed by atoms with van der Waals surface area (Å²) in [4.78, 5) is 28.3. The smallest absolute Gasteiger partial charge is 0.396 e. The van der Waals surface area contributed by atoms with E-state index in [1.165, 1.54) is 6.07 Å². The minimum absolute atomic E-state index is 0.0169. The van der Waals surface area contributed by atoms with Gasteiger partial charge in [-0.15, -0.1) is 0 Å². The Morgan fingerprint density at radius 1 is 1.41 bits per heavy atom. The Labute approximate surface area is 237 Å². The molecule has 5 rings (SSSR count). The molecule has 0 spiro atoms. The quantitative estimate of drug-likeness (QED) is 0.287. The Bertz CT molecular complexity index is 1770. The Balaban J connectivity index is 1.64. The first-order valence-electron chi connectivity index (χ1n) is 13.6. The standard InChI is InChI=1S/C30H34FN7O3/c1-7-18(12-33-4)21-13-35-29-26(25-20(11-32)22(31)10-23(34-5)27(25)36-29)28(21)38-9-8-19(16(38)2)14-37(6)15-24-17(3)40-30(39)41-24/h7,10,12-13,16,19,34H,8-9,14-15H2,1-6H3,(H,35,36)/b18-7+,33-12-/t16-,19+/m1/s1. The third-order valence-electron chi connectivity index (χ3n) is 8.09. The van der Waals surface area contributed by atoms with E-state index in [0.717, 1.165) is 36.3 Å². The highest BCUT2D eigenvalue weighted by atomic mass is 19.1. The lowest BCUT2D eigenvalue weighted by Crippen LogP contribution is -2.35. The van der Waals surface area contributed by atoms with Gasteiger partial charge in [-0.25, -0.2) is 14.2 Å². The summed E-state index contributed by atoms with van der Waals surface area (Å²) in [6.07, 6.45) is 6.51. The first-order chi connectivity index (χ1) is 19.7. The fourth-order valence-electron chi connectivity index (χ4n) is 6.03. The summed E-state index contributed by atoms with van der Waals surface area (Å²) >= 11 is 0. The van der Waals surface area contributed by atoms with Crippen molar-refractivity contribution in [3.8, 4) is 6.07 Å². The zero-order valence-corrected chi connectivity index (χ0v) is 24.1. The van der Waals surface area contributed by atoms with Crippen molar-refractivity contribution in [2.75, 3.05) is 44.4 Å². The van der Waals surface area contributed by atoms with Crippen LogP contribution in [0.1, 0.15) is 42.9 Å². The van der Waals surface area contributed by atoms with Gasteiger partial charge >= 0.3 is 5.82 Å². The highest BCUT2D eigenvalue weighted by Gasteiger charge is 2.35. The number of H-pyrrole nitrogens is 1. The minimum Gasteiger partial charge on any atom is -0.396 e. The molecule has 1 fully saturated rings. The number of hydrogen-bond acceptors (Lipinski definition) is 9. The van der Waals surface area contributed by atoms with Crippen LogP contribution in [0.5, 0.6) is 0 Å². The molecule has 0 bridgehead atoms. The number of anilines is 2. The van der Waals surface area contributed by atoms with Crippen LogP contribution in [-0.4, -0.2) is 61.4 Å². The van der Waals surface area contributed by atoms with E-state index in [1.54, 1.807) is 27.2 Å². The van der Waals surface area contributed by atoms with Crippen LogP contribution >= 0.6 is 0 Å². The SMILES string of the molecule is C/C=C(\C=N/C)c1cnc2[nH]c3c(NC)cc(F)c(C#N)c3c2c1N1CC[C@@H](CN(C)Cc2oc(=O)oc2C)[C@H]1C. The van der Waals surface area contributed by atoms with Gasteiger partial charge in [0.2, 0.25) is 0 Å². The van der Waals surface area contributed by atoms with Gasteiger partial charge in [-0.05, 0) is 45.7 Å². The lowest BCUT2D eigenvalue weighted by atomic mass is 9.97. The van der Waals surface area contributed by atoms with E-state index in [2.05, 4.69) is 38.1 Å². The molecule has 1 aliphatic rings. The molecule has 214 valence electrons. The van der Waals surface area contributed by atoms with Crippen molar-refractivity contribution in [2.24, 2.45) is 10.9 Å². The maximum Gasteiger partial charge on any atom is 0.519 e. The molecule has 3 aromatic heterocycles. The van der Waals surface area contributed by atoms with Crippen molar-refractivity contribution < 1.29 is 13.2 Å². The van der Waals surface area contributed by atoms with Crippen LogP contribution in [0.2, 0.25) is 0 Å². The van der Waals surface area contributed by atoms with Gasteiger partial charge < -0.3 is 24.0 Å². The first-order valence-corrected chi connectivity index (χ1v) is 13.6. The molecule has 11 heteroatoms. The second-order valence-electron chi connectivity index (χ2n) is 10.5. The van der Waals surface area contributed by atoms with Crippen LogP contribution in [0.4, 0.5) is 15.8 Å². The second kappa shape index (κ2) is 11.2. The van der Waals surface area contributed by atoms with E-state index in [9.17, 15) is 10.1 Å². The van der Waals surface area contributed by atoms with Crippen LogP contribution < -0.4 is 16.0 Å². The maximum atomic E-state index is 15.2. The molecule has 0 aliphatic carbocycles. The fraction of sp³-hybridized carbons (Fsp3) is 0.400. The predicted molar refractivity (Wildman–Crippen MR) is 159 cm³/mol. The molecule has 0 saturated carbocycles. The number of rotatable bonds is 8. The molecule has 0 radical (unpaired) electrons. The highest BCUT2D eigenvalue weighted by molar-refractivity contribution is 6.22. The zero-order chi connectivity index (χ0) is 29.4. The second-order valence-corrected chi connectivity index (χ2v) is 10.5. The van der Waals surface area contributed by atoms with Gasteiger partial charge in [-0.1, -0.05) is 6.08 Å². The number of nitrogens with one attached hydrogen (secondary N) is 2. The summed E-state index contributed by atoms with van der Waals surface area (Å²) < 4.78 is 25.5. The highest BCUT2D eigenvalue weighted by Crippen LogP contribution is 2.44. The van der Waals surface area contributed by atoms with Gasteiger partial charge in [0.25, 0.3) is 0 Å². The Morgan fingerprint density at radius 3 is 2.83 bits per heavy atom. The number of hydrogen-bond donors (Lipinski definition) is 2. The van der Waals surface area contributed by atoms with E-state index in [4.69, 9.17) is 13.8 Å². The Kier molecular flexibility index (Phi) is 7.69. The van der Waals surface area contributed by atoms with E-state index in [0.29, 0.717) is 45.7 Å². The molecule has 4 aromatic rings. The van der Waals surface area contributed by atoms with Crippen LogP contribution in [0.25, 0.3) is 27.5 Å². The number of nitriles is 1. The fourth-order valence-corrected chi connectivity index (χ4v) is 6.03. The summed E-state index contributed by atoms with van der Waals surface area (Å²) in [5, 5.41) is 14.3.